The van der Waals surface area contributed by atoms with Crippen molar-refractivity contribution >= 4 is 40.0 Å². The van der Waals surface area contributed by atoms with Crippen LogP contribution in [0.15, 0.2) is 91.0 Å². The van der Waals surface area contributed by atoms with Gasteiger partial charge in [0.1, 0.15) is 23.2 Å². The van der Waals surface area contributed by atoms with E-state index in [1.165, 1.54) is 15.9 Å². The lowest BCUT2D eigenvalue weighted by molar-refractivity contribution is -0.111. The zero-order chi connectivity index (χ0) is 18.2. The second kappa shape index (κ2) is 9.12. The van der Waals surface area contributed by atoms with Crippen LogP contribution in [0.2, 0.25) is 0 Å². The molecule has 0 heterocycles. The number of halogens is 1. The van der Waals surface area contributed by atoms with Crippen molar-refractivity contribution in [1.82, 2.24) is 0 Å². The molecule has 0 radical (unpaired) electrons. The lowest BCUT2D eigenvalue weighted by Gasteiger charge is -2.27. The van der Waals surface area contributed by atoms with Crippen molar-refractivity contribution in [1.29, 1.82) is 0 Å². The van der Waals surface area contributed by atoms with Crippen molar-refractivity contribution in [2.45, 2.75) is 19.3 Å². The van der Waals surface area contributed by atoms with Gasteiger partial charge >= 0.3 is 0 Å². The normalized spacial score (nSPS) is 11.3. The number of hydrogen-bond acceptors (Lipinski definition) is 1. The summed E-state index contributed by atoms with van der Waals surface area (Å²) in [4.78, 5) is 11.2. The molecule has 132 valence electrons. The molecule has 0 aliphatic heterocycles. The van der Waals surface area contributed by atoms with E-state index in [9.17, 15) is 4.79 Å². The highest BCUT2D eigenvalue weighted by Crippen LogP contribution is 2.55. The molecule has 0 bridgehead atoms. The predicted molar refractivity (Wildman–Crippen MR) is 115 cm³/mol. The third-order valence-electron chi connectivity index (χ3n) is 4.71. The summed E-state index contributed by atoms with van der Waals surface area (Å²) in [6.45, 7) is 0. The van der Waals surface area contributed by atoms with Gasteiger partial charge in [0.25, 0.3) is 0 Å². The summed E-state index contributed by atoms with van der Waals surface area (Å²) in [6.07, 6.45) is 3.29. The Balaban J connectivity index is 2.10. The molecule has 0 saturated carbocycles. The average Bonchev–Trinajstić information content (AvgIpc) is 2.70. The van der Waals surface area contributed by atoms with Crippen molar-refractivity contribution in [3.8, 4) is 0 Å². The fourth-order valence-electron chi connectivity index (χ4n) is 3.49. The SMILES string of the molecule is O=C(Cl)CCCC[P+](c1ccccc1)(c1ccccc1)c1ccccc1. The van der Waals surface area contributed by atoms with E-state index in [1.807, 2.05) is 0 Å². The monoisotopic (exact) mass is 381 g/mol. The maximum atomic E-state index is 11.2. The van der Waals surface area contributed by atoms with E-state index < -0.39 is 7.26 Å². The Labute approximate surface area is 161 Å². The largest absolute Gasteiger partial charge is 0.281 e. The van der Waals surface area contributed by atoms with E-state index in [2.05, 4.69) is 91.0 Å². The van der Waals surface area contributed by atoms with Crippen LogP contribution < -0.4 is 15.9 Å². The van der Waals surface area contributed by atoms with Gasteiger partial charge in [0, 0.05) is 6.42 Å². The Morgan fingerprint density at radius 3 is 1.38 bits per heavy atom. The van der Waals surface area contributed by atoms with Crippen LogP contribution in [0.4, 0.5) is 0 Å². The summed E-state index contributed by atoms with van der Waals surface area (Å²) >= 11 is 5.55. The summed E-state index contributed by atoms with van der Waals surface area (Å²) in [6, 6.07) is 32.5. The molecule has 3 heteroatoms. The van der Waals surface area contributed by atoms with Crippen molar-refractivity contribution in [3.05, 3.63) is 91.0 Å². The van der Waals surface area contributed by atoms with Gasteiger partial charge in [-0.3, -0.25) is 4.79 Å². The number of unbranched alkanes of at least 4 members (excludes halogenated alkanes) is 1. The molecular weight excluding hydrogens is 359 g/mol. The molecule has 0 spiro atoms. The van der Waals surface area contributed by atoms with Crippen molar-refractivity contribution in [2.24, 2.45) is 0 Å². The minimum Gasteiger partial charge on any atom is -0.281 e. The molecule has 0 aromatic heterocycles. The molecule has 0 aliphatic rings. The molecule has 3 aromatic carbocycles. The molecule has 3 rings (SSSR count). The number of carbonyl (C=O) groups is 1. The topological polar surface area (TPSA) is 17.1 Å². The first-order valence-corrected chi connectivity index (χ1v) is 11.3. The first kappa shape index (κ1) is 18.8. The average molecular weight is 382 g/mol. The smallest absolute Gasteiger partial charge is 0.221 e. The second-order valence-electron chi connectivity index (χ2n) is 6.35. The zero-order valence-electron chi connectivity index (χ0n) is 14.7. The van der Waals surface area contributed by atoms with Gasteiger partial charge in [-0.1, -0.05) is 54.6 Å². The van der Waals surface area contributed by atoms with Gasteiger partial charge in [0.2, 0.25) is 5.24 Å². The highest BCUT2D eigenvalue weighted by molar-refractivity contribution is 7.95. The van der Waals surface area contributed by atoms with Gasteiger partial charge in [-0.2, -0.15) is 0 Å². The molecular formula is C23H23ClOP+. The summed E-state index contributed by atoms with van der Waals surface area (Å²) in [7, 11) is -1.77. The van der Waals surface area contributed by atoms with Gasteiger partial charge in [0.15, 0.2) is 0 Å². The quantitative estimate of drug-likeness (QED) is 0.307. The summed E-state index contributed by atoms with van der Waals surface area (Å²) in [5, 5.41) is 3.91. The molecule has 0 saturated heterocycles. The van der Waals surface area contributed by atoms with Crippen LogP contribution in [0.5, 0.6) is 0 Å². The molecule has 3 aromatic rings. The lowest BCUT2D eigenvalue weighted by Crippen LogP contribution is -2.33. The van der Waals surface area contributed by atoms with Gasteiger partial charge in [-0.25, -0.2) is 0 Å². The standard InChI is InChI=1S/C23H23ClOP/c24-23(25)18-10-11-19-26(20-12-4-1-5-13-20,21-14-6-2-7-15-21)22-16-8-3-9-17-22/h1-9,12-17H,10-11,18-19H2/q+1. The minimum atomic E-state index is -1.77. The van der Waals surface area contributed by atoms with E-state index in [0.29, 0.717) is 6.42 Å². The van der Waals surface area contributed by atoms with Crippen LogP contribution in [-0.2, 0) is 4.79 Å². The third-order valence-corrected chi connectivity index (χ3v) is 9.42. The Kier molecular flexibility index (Phi) is 6.61. The zero-order valence-corrected chi connectivity index (χ0v) is 16.4. The van der Waals surface area contributed by atoms with Gasteiger partial charge in [-0.05, 0) is 60.8 Å². The first-order valence-electron chi connectivity index (χ1n) is 8.97. The van der Waals surface area contributed by atoms with Crippen LogP contribution in [0.25, 0.3) is 0 Å². The molecule has 0 unspecified atom stereocenters. The molecule has 0 atom stereocenters. The summed E-state index contributed by atoms with van der Waals surface area (Å²) in [5.41, 5.74) is 0. The minimum absolute atomic E-state index is 0.243. The van der Waals surface area contributed by atoms with Crippen LogP contribution in [0.3, 0.4) is 0 Å². The molecule has 1 nitrogen and oxygen atoms in total. The van der Waals surface area contributed by atoms with Crippen LogP contribution >= 0.6 is 18.9 Å². The van der Waals surface area contributed by atoms with E-state index >= 15 is 0 Å². The van der Waals surface area contributed by atoms with Crippen LogP contribution in [0.1, 0.15) is 19.3 Å². The van der Waals surface area contributed by atoms with Crippen LogP contribution in [0, 0.1) is 0 Å². The Bertz CT molecular complexity index is 722. The third kappa shape index (κ3) is 4.23. The molecule has 0 fully saturated rings. The van der Waals surface area contributed by atoms with Crippen molar-refractivity contribution < 1.29 is 4.79 Å². The fourth-order valence-corrected chi connectivity index (χ4v) is 8.04. The number of rotatable bonds is 8. The predicted octanol–water partition coefficient (Wildman–Crippen LogP) is 4.92. The number of benzene rings is 3. The highest BCUT2D eigenvalue weighted by Gasteiger charge is 2.44. The Morgan fingerprint density at radius 2 is 1.04 bits per heavy atom. The van der Waals surface area contributed by atoms with Crippen molar-refractivity contribution in [3.63, 3.8) is 0 Å². The van der Waals surface area contributed by atoms with Gasteiger partial charge in [0.05, 0.1) is 6.16 Å². The first-order chi connectivity index (χ1) is 12.7. The lowest BCUT2D eigenvalue weighted by atomic mass is 10.3. The highest BCUT2D eigenvalue weighted by atomic mass is 35.5. The van der Waals surface area contributed by atoms with E-state index in [4.69, 9.17) is 11.6 Å². The fraction of sp³-hybridized carbons (Fsp3) is 0.174. The van der Waals surface area contributed by atoms with Crippen molar-refractivity contribution in [2.75, 3.05) is 6.16 Å². The number of carbonyl (C=O) groups excluding carboxylic acids is 1. The molecule has 0 aliphatic carbocycles. The Morgan fingerprint density at radius 1 is 0.654 bits per heavy atom. The van der Waals surface area contributed by atoms with E-state index in [-0.39, 0.29) is 5.24 Å². The molecule has 26 heavy (non-hydrogen) atoms. The van der Waals surface area contributed by atoms with Gasteiger partial charge in [-0.15, -0.1) is 0 Å². The maximum Gasteiger partial charge on any atom is 0.221 e. The van der Waals surface area contributed by atoms with E-state index in [0.717, 1.165) is 19.0 Å². The van der Waals surface area contributed by atoms with Gasteiger partial charge < -0.3 is 0 Å². The summed E-state index contributed by atoms with van der Waals surface area (Å²) in [5.74, 6) is 0. The van der Waals surface area contributed by atoms with Crippen LogP contribution in [-0.4, -0.2) is 11.4 Å². The molecule has 0 N–H and O–H groups in total. The summed E-state index contributed by atoms with van der Waals surface area (Å²) < 4.78 is 0. The Hall–Kier alpha value is -1.95. The second-order valence-corrected chi connectivity index (χ2v) is 10.4. The maximum absolute atomic E-state index is 11.2. The van der Waals surface area contributed by atoms with E-state index in [1.54, 1.807) is 0 Å². The number of hydrogen-bond donors (Lipinski definition) is 0. The molecule has 0 amide bonds.